The predicted molar refractivity (Wildman–Crippen MR) is 223 cm³/mol. The number of unbranched alkanes of at least 4 members (excludes halogenated alkanes) is 15. The number of anilines is 1. The Labute approximate surface area is 322 Å². The highest BCUT2D eigenvalue weighted by atomic mass is 32.2. The number of nitrogens with zero attached hydrogens (tertiary/aromatic N) is 2. The van der Waals surface area contributed by atoms with Gasteiger partial charge in [0.25, 0.3) is 5.91 Å². The van der Waals surface area contributed by atoms with Crippen molar-refractivity contribution >= 4 is 51.9 Å². The second-order valence-corrected chi connectivity index (χ2v) is 16.4. The van der Waals surface area contributed by atoms with Crippen LogP contribution in [0.2, 0.25) is 0 Å². The third-order valence-electron chi connectivity index (χ3n) is 10.6. The van der Waals surface area contributed by atoms with Gasteiger partial charge in [-0.3, -0.25) is 14.5 Å². The molecular weight excluding hydrogens is 681 g/mol. The number of carbonyl (C=O) groups excluding carboxylic acids is 1. The summed E-state index contributed by atoms with van der Waals surface area (Å²) in [4.78, 5) is 28.7. The SMILES string of the molecule is CCCCCCCCCCCCCCCCCCN1c2ccc(/C=C3\SC(=S)N(CC(=O)O)C3=O)cc2C(c2ccc(C)cc2)C1c1ccccc1. The molecule has 0 aromatic heterocycles. The molecule has 1 saturated heterocycles. The van der Waals surface area contributed by atoms with Crippen molar-refractivity contribution in [3.05, 3.63) is 106 Å². The fraction of sp³-hybridized carbons (Fsp3) is 0.489. The number of carboxylic acids is 1. The van der Waals surface area contributed by atoms with E-state index in [-0.39, 0.29) is 22.2 Å². The standard InChI is InChI=1S/C45H58N2O3S2/c1-3-4-5-6-7-8-9-10-11-12-13-14-15-16-17-21-30-46-39-29-26-35(32-40-44(50)47(33-41(48)49)45(51)52-40)31-38(39)42(36-27-24-34(2)25-28-36)43(46)37-22-19-18-20-23-37/h18-20,22-29,31-32,42-43H,3-17,21,30,33H2,1-2H3,(H,48,49)/b40-32-. The van der Waals surface area contributed by atoms with E-state index in [4.69, 9.17) is 12.2 Å². The first kappa shape index (κ1) is 39.8. The molecule has 1 amide bonds. The van der Waals surface area contributed by atoms with E-state index in [2.05, 4.69) is 91.5 Å². The molecule has 1 fully saturated rings. The number of carboxylic acid groups (broad SMARTS) is 1. The maximum Gasteiger partial charge on any atom is 0.323 e. The molecule has 1 N–H and O–H groups in total. The van der Waals surface area contributed by atoms with Crippen LogP contribution in [0, 0.1) is 6.92 Å². The van der Waals surface area contributed by atoms with Gasteiger partial charge in [0.15, 0.2) is 0 Å². The van der Waals surface area contributed by atoms with Crippen LogP contribution < -0.4 is 4.90 Å². The smallest absolute Gasteiger partial charge is 0.323 e. The summed E-state index contributed by atoms with van der Waals surface area (Å²) in [5.41, 5.74) is 7.24. The molecule has 2 unspecified atom stereocenters. The summed E-state index contributed by atoms with van der Waals surface area (Å²) in [6.45, 7) is 4.98. The molecule has 7 heteroatoms. The Balaban J connectivity index is 1.23. The molecular formula is C45H58N2O3S2. The number of aryl methyl sites for hydroxylation is 1. The van der Waals surface area contributed by atoms with Gasteiger partial charge in [0.1, 0.15) is 10.9 Å². The lowest BCUT2D eigenvalue weighted by atomic mass is 9.83. The van der Waals surface area contributed by atoms with Gasteiger partial charge in [0, 0.05) is 18.2 Å². The summed E-state index contributed by atoms with van der Waals surface area (Å²) < 4.78 is 0.284. The number of aliphatic carboxylic acids is 1. The Morgan fingerprint density at radius 2 is 1.35 bits per heavy atom. The topological polar surface area (TPSA) is 60.9 Å². The quantitative estimate of drug-likeness (QED) is 0.0629. The molecule has 0 aliphatic carbocycles. The van der Waals surface area contributed by atoms with Crippen molar-refractivity contribution in [3.63, 3.8) is 0 Å². The second-order valence-electron chi connectivity index (χ2n) is 14.7. The minimum absolute atomic E-state index is 0.119. The number of carbonyl (C=O) groups is 2. The van der Waals surface area contributed by atoms with E-state index in [1.165, 1.54) is 141 Å². The number of hydrogen-bond donors (Lipinski definition) is 1. The van der Waals surface area contributed by atoms with Gasteiger partial charge in [-0.15, -0.1) is 0 Å². The van der Waals surface area contributed by atoms with Gasteiger partial charge in [-0.1, -0.05) is 193 Å². The predicted octanol–water partition coefficient (Wildman–Crippen LogP) is 12.2. The Hall–Kier alpha value is -3.42. The minimum atomic E-state index is -1.08. The first-order valence-electron chi connectivity index (χ1n) is 19.9. The molecule has 2 atom stereocenters. The Morgan fingerprint density at radius 3 is 1.92 bits per heavy atom. The number of benzene rings is 3. The molecule has 3 aromatic rings. The molecule has 0 saturated carbocycles. The molecule has 2 heterocycles. The van der Waals surface area contributed by atoms with Crippen LogP contribution in [-0.2, 0) is 9.59 Å². The molecule has 5 rings (SSSR count). The molecule has 2 aliphatic rings. The molecule has 0 bridgehead atoms. The lowest BCUT2D eigenvalue weighted by Gasteiger charge is -2.31. The highest BCUT2D eigenvalue weighted by Gasteiger charge is 2.40. The van der Waals surface area contributed by atoms with Crippen LogP contribution in [0.5, 0.6) is 0 Å². The fourth-order valence-electron chi connectivity index (χ4n) is 7.84. The maximum absolute atomic E-state index is 13.1. The van der Waals surface area contributed by atoms with Gasteiger partial charge in [0.2, 0.25) is 0 Å². The van der Waals surface area contributed by atoms with Crippen molar-refractivity contribution in [1.82, 2.24) is 4.90 Å². The number of thiocarbonyl (C=S) groups is 1. The first-order chi connectivity index (χ1) is 25.4. The van der Waals surface area contributed by atoms with Crippen molar-refractivity contribution in [2.75, 3.05) is 18.0 Å². The monoisotopic (exact) mass is 738 g/mol. The Morgan fingerprint density at radius 1 is 0.769 bits per heavy atom. The molecule has 2 aliphatic heterocycles. The highest BCUT2D eigenvalue weighted by molar-refractivity contribution is 8.26. The summed E-state index contributed by atoms with van der Waals surface area (Å²) in [6, 6.07) is 26.5. The summed E-state index contributed by atoms with van der Waals surface area (Å²) >= 11 is 6.53. The van der Waals surface area contributed by atoms with Crippen LogP contribution in [0.3, 0.4) is 0 Å². The number of thioether (sulfide) groups is 1. The van der Waals surface area contributed by atoms with Gasteiger partial charge in [-0.05, 0) is 53.8 Å². The molecule has 3 aromatic carbocycles. The van der Waals surface area contributed by atoms with Gasteiger partial charge < -0.3 is 10.0 Å². The second kappa shape index (κ2) is 20.7. The van der Waals surface area contributed by atoms with Crippen LogP contribution in [0.25, 0.3) is 6.08 Å². The minimum Gasteiger partial charge on any atom is -0.480 e. The van der Waals surface area contributed by atoms with E-state index in [0.29, 0.717) is 4.91 Å². The van der Waals surface area contributed by atoms with Crippen molar-refractivity contribution < 1.29 is 14.7 Å². The Kier molecular flexibility index (Phi) is 15.9. The Bertz CT molecular complexity index is 1640. The van der Waals surface area contributed by atoms with E-state index in [1.54, 1.807) is 0 Å². The van der Waals surface area contributed by atoms with E-state index in [9.17, 15) is 14.7 Å². The van der Waals surface area contributed by atoms with Crippen molar-refractivity contribution in [3.8, 4) is 0 Å². The number of rotatable bonds is 22. The van der Waals surface area contributed by atoms with Crippen molar-refractivity contribution in [1.29, 1.82) is 0 Å². The largest absolute Gasteiger partial charge is 0.480 e. The maximum atomic E-state index is 13.1. The third kappa shape index (κ3) is 11.1. The van der Waals surface area contributed by atoms with Crippen molar-refractivity contribution in [2.24, 2.45) is 0 Å². The average Bonchev–Trinajstić information content (AvgIpc) is 3.60. The lowest BCUT2D eigenvalue weighted by Crippen LogP contribution is -2.33. The molecule has 0 radical (unpaired) electrons. The van der Waals surface area contributed by atoms with Crippen LogP contribution >= 0.6 is 24.0 Å². The number of hydrogen-bond acceptors (Lipinski definition) is 5. The molecule has 5 nitrogen and oxygen atoms in total. The molecule has 278 valence electrons. The molecule has 52 heavy (non-hydrogen) atoms. The zero-order valence-electron chi connectivity index (χ0n) is 31.4. The zero-order valence-corrected chi connectivity index (χ0v) is 33.0. The van der Waals surface area contributed by atoms with Gasteiger partial charge in [-0.2, -0.15) is 0 Å². The summed E-state index contributed by atoms with van der Waals surface area (Å²) in [7, 11) is 0. The summed E-state index contributed by atoms with van der Waals surface area (Å²) in [5.74, 6) is -1.30. The highest BCUT2D eigenvalue weighted by Crippen LogP contribution is 2.52. The normalized spacial score (nSPS) is 17.8. The fourth-order valence-corrected chi connectivity index (χ4v) is 9.10. The van der Waals surface area contributed by atoms with Gasteiger partial charge in [-0.25, -0.2) is 0 Å². The van der Waals surface area contributed by atoms with Crippen LogP contribution in [-0.4, -0.2) is 39.3 Å². The van der Waals surface area contributed by atoms with Crippen LogP contribution in [0.15, 0.2) is 77.7 Å². The van der Waals surface area contributed by atoms with Crippen molar-refractivity contribution in [2.45, 2.75) is 129 Å². The summed E-state index contributed by atoms with van der Waals surface area (Å²) in [5, 5.41) is 9.29. The van der Waals surface area contributed by atoms with E-state index in [1.807, 2.05) is 6.08 Å². The number of fused-ring (bicyclic) bond motifs is 1. The zero-order chi connectivity index (χ0) is 36.7. The van der Waals surface area contributed by atoms with Gasteiger partial charge >= 0.3 is 5.97 Å². The summed E-state index contributed by atoms with van der Waals surface area (Å²) in [6.07, 6.45) is 23.6. The third-order valence-corrected chi connectivity index (χ3v) is 12.0. The molecule has 0 spiro atoms. The van der Waals surface area contributed by atoms with E-state index < -0.39 is 12.5 Å². The average molecular weight is 739 g/mol. The van der Waals surface area contributed by atoms with Crippen LogP contribution in [0.1, 0.15) is 149 Å². The first-order valence-corrected chi connectivity index (χ1v) is 21.1. The number of amides is 1. The lowest BCUT2D eigenvalue weighted by molar-refractivity contribution is -0.140. The van der Waals surface area contributed by atoms with E-state index in [0.717, 1.165) is 18.5 Å². The van der Waals surface area contributed by atoms with Gasteiger partial charge in [0.05, 0.1) is 10.9 Å². The van der Waals surface area contributed by atoms with Crippen LogP contribution in [0.4, 0.5) is 5.69 Å². The van der Waals surface area contributed by atoms with E-state index >= 15 is 0 Å².